The highest BCUT2D eigenvalue weighted by Crippen LogP contribution is 2.41. The quantitative estimate of drug-likeness (QED) is 0.626. The minimum Gasteiger partial charge on any atom is -0.497 e. The monoisotopic (exact) mass is 334 g/mol. The molecule has 0 aliphatic heterocycles. The van der Waals surface area contributed by atoms with Crippen LogP contribution in [0, 0.1) is 0 Å². The topological polar surface area (TPSA) is 9.23 Å². The molecule has 5 heteroatoms. The fraction of sp³-hybridized carbons (Fsp3) is 0.143. The van der Waals surface area contributed by atoms with Crippen molar-refractivity contribution in [2.45, 2.75) is 5.38 Å². The van der Waals surface area contributed by atoms with E-state index in [1.165, 1.54) is 0 Å². The Morgan fingerprint density at radius 3 is 2.11 bits per heavy atom. The predicted molar refractivity (Wildman–Crippen MR) is 82.2 cm³/mol. The van der Waals surface area contributed by atoms with Gasteiger partial charge in [0.05, 0.1) is 12.5 Å². The van der Waals surface area contributed by atoms with Crippen LogP contribution in [0.15, 0.2) is 36.4 Å². The Labute approximate surface area is 132 Å². The van der Waals surface area contributed by atoms with Gasteiger partial charge in [-0.25, -0.2) is 0 Å². The first-order valence-electron chi connectivity index (χ1n) is 5.46. The molecule has 0 radical (unpaired) electrons. The average Bonchev–Trinajstić information content (AvgIpc) is 2.38. The molecule has 0 bridgehead atoms. The lowest BCUT2D eigenvalue weighted by atomic mass is 10.0. The fourth-order valence-electron chi connectivity index (χ4n) is 1.75. The molecule has 0 aliphatic rings. The van der Waals surface area contributed by atoms with E-state index in [-0.39, 0.29) is 0 Å². The maximum atomic E-state index is 6.45. The van der Waals surface area contributed by atoms with Crippen LogP contribution in [0.3, 0.4) is 0 Å². The molecule has 0 saturated carbocycles. The molecule has 1 unspecified atom stereocenters. The number of methoxy groups -OCH3 is 1. The second-order valence-corrected chi connectivity index (χ2v) is 5.54. The zero-order valence-corrected chi connectivity index (χ0v) is 13.0. The summed E-state index contributed by atoms with van der Waals surface area (Å²) in [5, 5.41) is 1.02. The molecule has 0 spiro atoms. The number of halogens is 4. The van der Waals surface area contributed by atoms with E-state index in [0.29, 0.717) is 26.4 Å². The van der Waals surface area contributed by atoms with Gasteiger partial charge in [0.15, 0.2) is 0 Å². The third kappa shape index (κ3) is 3.11. The lowest BCUT2D eigenvalue weighted by Gasteiger charge is -2.16. The lowest BCUT2D eigenvalue weighted by Crippen LogP contribution is -1.97. The van der Waals surface area contributed by atoms with Gasteiger partial charge in [0.2, 0.25) is 0 Å². The number of alkyl halides is 1. The lowest BCUT2D eigenvalue weighted by molar-refractivity contribution is 0.414. The van der Waals surface area contributed by atoms with E-state index in [9.17, 15) is 0 Å². The highest BCUT2D eigenvalue weighted by atomic mass is 35.5. The molecule has 0 saturated heterocycles. The second-order valence-electron chi connectivity index (χ2n) is 3.89. The summed E-state index contributed by atoms with van der Waals surface area (Å²) < 4.78 is 5.10. The Bertz CT molecular complexity index is 578. The Hall–Kier alpha value is -0.600. The third-order valence-corrected chi connectivity index (χ3v) is 4.17. The summed E-state index contributed by atoms with van der Waals surface area (Å²) in [5.41, 5.74) is 1.39. The van der Waals surface area contributed by atoms with Crippen molar-refractivity contribution in [3.63, 3.8) is 0 Å². The summed E-state index contributed by atoms with van der Waals surface area (Å²) in [6.45, 7) is 0. The predicted octanol–water partition coefficient (Wildman–Crippen LogP) is 5.98. The van der Waals surface area contributed by atoms with Crippen molar-refractivity contribution < 1.29 is 4.74 Å². The minimum atomic E-state index is -0.514. The van der Waals surface area contributed by atoms with Gasteiger partial charge in [-0.3, -0.25) is 0 Å². The summed E-state index contributed by atoms with van der Waals surface area (Å²) in [5.74, 6) is 0.669. The Kier molecular flexibility index (Phi) is 4.86. The molecule has 2 rings (SSSR count). The average molecular weight is 336 g/mol. The minimum absolute atomic E-state index is 0.510. The fourth-order valence-corrected chi connectivity index (χ4v) is 3.24. The molecule has 0 aromatic heterocycles. The van der Waals surface area contributed by atoms with E-state index in [4.69, 9.17) is 51.1 Å². The molecule has 0 amide bonds. The van der Waals surface area contributed by atoms with E-state index >= 15 is 0 Å². The first-order chi connectivity index (χ1) is 9.04. The molecule has 0 aliphatic carbocycles. The van der Waals surface area contributed by atoms with E-state index in [0.717, 1.165) is 5.56 Å². The molecule has 2 aromatic carbocycles. The van der Waals surface area contributed by atoms with Crippen molar-refractivity contribution >= 4 is 46.4 Å². The molecule has 0 N–H and O–H groups in total. The van der Waals surface area contributed by atoms with Gasteiger partial charge in [-0.2, -0.15) is 0 Å². The highest BCUT2D eigenvalue weighted by Gasteiger charge is 2.20. The zero-order chi connectivity index (χ0) is 14.0. The maximum absolute atomic E-state index is 6.45. The smallest absolute Gasteiger partial charge is 0.120 e. The van der Waals surface area contributed by atoms with Gasteiger partial charge >= 0.3 is 0 Å². The number of ether oxygens (including phenoxy) is 1. The Morgan fingerprint density at radius 2 is 1.58 bits per heavy atom. The molecule has 1 nitrogen and oxygen atoms in total. The molecule has 0 heterocycles. The van der Waals surface area contributed by atoms with Crippen molar-refractivity contribution in [2.75, 3.05) is 7.11 Å². The van der Waals surface area contributed by atoms with Crippen molar-refractivity contribution in [1.82, 2.24) is 0 Å². The van der Waals surface area contributed by atoms with Gasteiger partial charge in [0, 0.05) is 20.6 Å². The van der Waals surface area contributed by atoms with Gasteiger partial charge < -0.3 is 4.74 Å². The summed E-state index contributed by atoms with van der Waals surface area (Å²) >= 11 is 25.0. The second kappa shape index (κ2) is 6.23. The van der Waals surface area contributed by atoms with Crippen molar-refractivity contribution in [1.29, 1.82) is 0 Å². The number of rotatable bonds is 3. The van der Waals surface area contributed by atoms with Crippen LogP contribution in [0.25, 0.3) is 0 Å². The number of hydrogen-bond acceptors (Lipinski definition) is 1. The Morgan fingerprint density at radius 1 is 0.947 bits per heavy atom. The van der Waals surface area contributed by atoms with Crippen LogP contribution in [-0.2, 0) is 0 Å². The first-order valence-corrected chi connectivity index (χ1v) is 7.03. The SMILES string of the molecule is COc1ccc(C(Cl)c2c(Cl)cccc2Cl)c(Cl)c1. The van der Waals surface area contributed by atoms with Crippen LogP contribution in [0.1, 0.15) is 16.5 Å². The summed E-state index contributed by atoms with van der Waals surface area (Å²) in [6, 6.07) is 10.6. The molecule has 2 aromatic rings. The first kappa shape index (κ1) is 14.8. The molecule has 100 valence electrons. The van der Waals surface area contributed by atoms with Gasteiger partial charge in [-0.1, -0.05) is 46.9 Å². The van der Waals surface area contributed by atoms with Gasteiger partial charge in [-0.05, 0) is 29.8 Å². The maximum Gasteiger partial charge on any atom is 0.120 e. The van der Waals surface area contributed by atoms with E-state index in [2.05, 4.69) is 0 Å². The van der Waals surface area contributed by atoms with Crippen LogP contribution in [0.4, 0.5) is 0 Å². The van der Waals surface area contributed by atoms with Gasteiger partial charge in [0.1, 0.15) is 5.75 Å². The van der Waals surface area contributed by atoms with Gasteiger partial charge in [-0.15, -0.1) is 11.6 Å². The largest absolute Gasteiger partial charge is 0.497 e. The molecule has 1 atom stereocenters. The molecular weight excluding hydrogens is 326 g/mol. The molecular formula is C14H10Cl4O. The zero-order valence-electron chi connectivity index (χ0n) is 9.96. The van der Waals surface area contributed by atoms with Crippen LogP contribution < -0.4 is 4.74 Å². The number of benzene rings is 2. The summed E-state index contributed by atoms with van der Waals surface area (Å²) in [6.07, 6.45) is 0. The number of hydrogen-bond donors (Lipinski definition) is 0. The van der Waals surface area contributed by atoms with Crippen molar-refractivity contribution in [2.24, 2.45) is 0 Å². The standard InChI is InChI=1S/C14H10Cl4O/c1-19-8-5-6-9(12(17)7-8)14(18)13-10(15)3-2-4-11(13)16/h2-7,14H,1H3. The summed E-state index contributed by atoms with van der Waals surface area (Å²) in [7, 11) is 1.58. The van der Waals surface area contributed by atoms with E-state index < -0.39 is 5.38 Å². The van der Waals surface area contributed by atoms with Crippen LogP contribution >= 0.6 is 46.4 Å². The van der Waals surface area contributed by atoms with Crippen LogP contribution in [-0.4, -0.2) is 7.11 Å². The normalized spacial score (nSPS) is 12.3. The van der Waals surface area contributed by atoms with E-state index in [1.54, 1.807) is 43.5 Å². The molecule has 19 heavy (non-hydrogen) atoms. The van der Waals surface area contributed by atoms with Crippen LogP contribution in [0.5, 0.6) is 5.75 Å². The third-order valence-electron chi connectivity index (χ3n) is 2.73. The molecule has 0 fully saturated rings. The van der Waals surface area contributed by atoms with E-state index in [1.807, 2.05) is 0 Å². The van der Waals surface area contributed by atoms with Crippen molar-refractivity contribution in [3.8, 4) is 5.75 Å². The Balaban J connectivity index is 2.47. The van der Waals surface area contributed by atoms with Crippen LogP contribution in [0.2, 0.25) is 15.1 Å². The van der Waals surface area contributed by atoms with Crippen molar-refractivity contribution in [3.05, 3.63) is 62.6 Å². The summed E-state index contributed by atoms with van der Waals surface area (Å²) in [4.78, 5) is 0. The van der Waals surface area contributed by atoms with Gasteiger partial charge in [0.25, 0.3) is 0 Å². The highest BCUT2D eigenvalue weighted by molar-refractivity contribution is 6.38.